The van der Waals surface area contributed by atoms with E-state index in [0.717, 1.165) is 0 Å². The molecule has 0 unspecified atom stereocenters. The molecule has 6 aromatic carbocycles. The lowest BCUT2D eigenvalue weighted by Gasteiger charge is -1.99. The van der Waals surface area contributed by atoms with Crippen LogP contribution in [-0.2, 0) is 0 Å². The average molecular weight is 669 g/mol. The summed E-state index contributed by atoms with van der Waals surface area (Å²) in [5.74, 6) is 0. The Morgan fingerprint density at radius 1 is 0.173 bits per heavy atom. The molecule has 0 fully saturated rings. The maximum atomic E-state index is 2.14. The molecule has 0 N–H and O–H groups in total. The Bertz CT molecular complexity index is 1820. The smallest absolute Gasteiger partial charge is 0.0184 e. The second-order valence-corrected chi connectivity index (χ2v) is 11.8. The lowest BCUT2D eigenvalue weighted by Crippen LogP contribution is -1.78. The highest BCUT2D eigenvalue weighted by Gasteiger charge is 1.94. The Hall–Kier alpha value is -6.76. The summed E-state index contributed by atoms with van der Waals surface area (Å²) >= 11 is 0. The molecule has 0 atom stereocenters. The molecule has 0 spiro atoms. The quantitative estimate of drug-likeness (QED) is 0.114. The second kappa shape index (κ2) is 22.1. The summed E-state index contributed by atoms with van der Waals surface area (Å²) in [6.45, 7) is 0. The summed E-state index contributed by atoms with van der Waals surface area (Å²) in [4.78, 5) is 0. The molecule has 0 bridgehead atoms. The van der Waals surface area contributed by atoms with Crippen molar-refractivity contribution in [1.82, 2.24) is 0 Å². The lowest BCUT2D eigenvalue weighted by atomic mass is 10.1. The SMILES string of the molecule is C(=C/c1ccccc1/C=C\C=C\c1ccccc1)/C=C/c1ccccc1.C(=C/c1ccccc1/C=C\C=C\c1ccccc1)/C=C/c1ccccc1. The van der Waals surface area contributed by atoms with Gasteiger partial charge in [-0.05, 0) is 44.5 Å². The normalized spacial score (nSPS) is 12.0. The molecular weight excluding hydrogens is 625 g/mol. The van der Waals surface area contributed by atoms with Gasteiger partial charge in [0.05, 0.1) is 0 Å². The van der Waals surface area contributed by atoms with Crippen LogP contribution in [0.15, 0.2) is 218 Å². The number of hydrogen-bond donors (Lipinski definition) is 0. The molecule has 0 aliphatic carbocycles. The van der Waals surface area contributed by atoms with E-state index in [2.05, 4.69) is 194 Å². The van der Waals surface area contributed by atoms with Crippen LogP contribution in [0.4, 0.5) is 0 Å². The van der Waals surface area contributed by atoms with Crippen molar-refractivity contribution in [3.05, 3.63) is 263 Å². The number of allylic oxidation sites excluding steroid dienone is 8. The van der Waals surface area contributed by atoms with Gasteiger partial charge in [-0.1, -0.05) is 267 Å². The molecular formula is C52H44. The van der Waals surface area contributed by atoms with Gasteiger partial charge in [-0.25, -0.2) is 0 Å². The molecule has 0 heteroatoms. The fraction of sp³-hybridized carbons (Fsp3) is 0. The predicted molar refractivity (Wildman–Crippen MR) is 231 cm³/mol. The maximum absolute atomic E-state index is 2.14. The van der Waals surface area contributed by atoms with E-state index in [4.69, 9.17) is 0 Å². The molecule has 0 saturated heterocycles. The third-order valence-corrected chi connectivity index (χ3v) is 7.89. The van der Waals surface area contributed by atoms with Gasteiger partial charge in [0.15, 0.2) is 0 Å². The first-order valence-corrected chi connectivity index (χ1v) is 17.6. The second-order valence-electron chi connectivity index (χ2n) is 11.8. The van der Waals surface area contributed by atoms with E-state index in [1.807, 2.05) is 72.8 Å². The minimum atomic E-state index is 1.20. The maximum Gasteiger partial charge on any atom is -0.0184 e. The molecule has 0 amide bonds. The van der Waals surface area contributed by atoms with Crippen LogP contribution in [0.2, 0.25) is 0 Å². The number of benzene rings is 6. The van der Waals surface area contributed by atoms with Crippen LogP contribution >= 0.6 is 0 Å². The Labute approximate surface area is 310 Å². The van der Waals surface area contributed by atoms with E-state index in [0.29, 0.717) is 0 Å². The zero-order valence-corrected chi connectivity index (χ0v) is 29.4. The third-order valence-electron chi connectivity index (χ3n) is 7.89. The van der Waals surface area contributed by atoms with E-state index >= 15 is 0 Å². The van der Waals surface area contributed by atoms with Gasteiger partial charge >= 0.3 is 0 Å². The predicted octanol–water partition coefficient (Wildman–Crippen LogP) is 14.3. The molecule has 0 aromatic heterocycles. The summed E-state index contributed by atoms with van der Waals surface area (Å²) in [5, 5.41) is 0. The molecule has 0 saturated carbocycles. The summed E-state index contributed by atoms with van der Waals surface area (Å²) < 4.78 is 0. The van der Waals surface area contributed by atoms with E-state index in [-0.39, 0.29) is 0 Å². The van der Waals surface area contributed by atoms with Gasteiger partial charge < -0.3 is 0 Å². The minimum absolute atomic E-state index is 1.20. The first-order chi connectivity index (χ1) is 25.8. The van der Waals surface area contributed by atoms with Crippen molar-refractivity contribution in [2.75, 3.05) is 0 Å². The molecule has 0 aliphatic rings. The molecule has 52 heavy (non-hydrogen) atoms. The minimum Gasteiger partial charge on any atom is -0.0622 e. The van der Waals surface area contributed by atoms with Crippen molar-refractivity contribution in [3.8, 4) is 0 Å². The summed E-state index contributed by atoms with van der Waals surface area (Å²) in [6.07, 6.45) is 33.6. The Morgan fingerprint density at radius 3 is 0.558 bits per heavy atom. The van der Waals surface area contributed by atoms with Crippen LogP contribution < -0.4 is 0 Å². The number of rotatable bonds is 12. The van der Waals surface area contributed by atoms with Crippen molar-refractivity contribution in [2.45, 2.75) is 0 Å². The standard InChI is InChI=1S/2C26H22/c2*1-3-13-23(14-4-1)17-7-9-19-25-21-11-12-22-26(25)20-10-8-18-24-15-5-2-6-16-24/h2*1-22H/b2*17-7+,18-8+,19-9-,20-10-. The molecule has 6 rings (SSSR count). The van der Waals surface area contributed by atoms with Crippen molar-refractivity contribution >= 4 is 48.6 Å². The first-order valence-electron chi connectivity index (χ1n) is 17.6. The summed E-state index contributed by atoms with van der Waals surface area (Å²) in [6, 6.07) is 58.1. The van der Waals surface area contributed by atoms with Crippen LogP contribution in [0, 0.1) is 0 Å². The molecule has 0 radical (unpaired) electrons. The van der Waals surface area contributed by atoms with E-state index < -0.39 is 0 Å². The molecule has 0 nitrogen and oxygen atoms in total. The average Bonchev–Trinajstić information content (AvgIpc) is 3.21. The van der Waals surface area contributed by atoms with Gasteiger partial charge in [-0.15, -0.1) is 0 Å². The fourth-order valence-corrected chi connectivity index (χ4v) is 5.19. The molecule has 0 aliphatic heterocycles. The van der Waals surface area contributed by atoms with Crippen molar-refractivity contribution < 1.29 is 0 Å². The highest BCUT2D eigenvalue weighted by molar-refractivity contribution is 5.69. The van der Waals surface area contributed by atoms with Crippen molar-refractivity contribution in [2.24, 2.45) is 0 Å². The number of hydrogen-bond acceptors (Lipinski definition) is 0. The highest BCUT2D eigenvalue weighted by Crippen LogP contribution is 2.15. The van der Waals surface area contributed by atoms with Crippen LogP contribution in [0.3, 0.4) is 0 Å². The summed E-state index contributed by atoms with van der Waals surface area (Å²) in [7, 11) is 0. The van der Waals surface area contributed by atoms with Crippen LogP contribution in [-0.4, -0.2) is 0 Å². The van der Waals surface area contributed by atoms with Gasteiger partial charge in [0, 0.05) is 0 Å². The third kappa shape index (κ3) is 13.6. The van der Waals surface area contributed by atoms with Gasteiger partial charge in [0.2, 0.25) is 0 Å². The van der Waals surface area contributed by atoms with E-state index in [9.17, 15) is 0 Å². The van der Waals surface area contributed by atoms with Crippen LogP contribution in [0.1, 0.15) is 44.5 Å². The Morgan fingerprint density at radius 2 is 0.346 bits per heavy atom. The zero-order valence-electron chi connectivity index (χ0n) is 29.4. The van der Waals surface area contributed by atoms with Crippen LogP contribution in [0.25, 0.3) is 48.6 Å². The Kier molecular flexibility index (Phi) is 15.5. The summed E-state index contributed by atoms with van der Waals surface area (Å²) in [5.41, 5.74) is 9.63. The van der Waals surface area contributed by atoms with Crippen molar-refractivity contribution in [1.29, 1.82) is 0 Å². The van der Waals surface area contributed by atoms with Crippen LogP contribution in [0.5, 0.6) is 0 Å². The topological polar surface area (TPSA) is 0 Å². The lowest BCUT2D eigenvalue weighted by molar-refractivity contribution is 1.61. The highest BCUT2D eigenvalue weighted by atomic mass is 14.0. The Balaban J connectivity index is 0.000000201. The molecule has 0 heterocycles. The van der Waals surface area contributed by atoms with Crippen molar-refractivity contribution in [3.63, 3.8) is 0 Å². The zero-order chi connectivity index (χ0) is 35.7. The van der Waals surface area contributed by atoms with Gasteiger partial charge in [-0.2, -0.15) is 0 Å². The largest absolute Gasteiger partial charge is 0.0622 e. The van der Waals surface area contributed by atoms with Gasteiger partial charge in [0.25, 0.3) is 0 Å². The van der Waals surface area contributed by atoms with E-state index in [1.54, 1.807) is 0 Å². The van der Waals surface area contributed by atoms with Gasteiger partial charge in [0.1, 0.15) is 0 Å². The molecule has 6 aromatic rings. The molecule has 252 valence electrons. The monoisotopic (exact) mass is 668 g/mol. The first kappa shape index (κ1) is 36.5. The van der Waals surface area contributed by atoms with E-state index in [1.165, 1.54) is 44.5 Å². The fourth-order valence-electron chi connectivity index (χ4n) is 5.19. The van der Waals surface area contributed by atoms with Gasteiger partial charge in [-0.3, -0.25) is 0 Å².